The molecule has 6 rings (SSSR count). The number of hydrogen-bond acceptors (Lipinski definition) is 4. The van der Waals surface area contributed by atoms with Gasteiger partial charge in [0.05, 0.1) is 7.11 Å². The number of carbonyl (C=O) groups excluding carboxylic acids is 2. The third kappa shape index (κ3) is 5.46. The number of fused-ring (bicyclic) bond motifs is 1. The Hall–Kier alpha value is -3.38. The second-order valence-electron chi connectivity index (χ2n) is 11.9. The first kappa shape index (κ1) is 26.8. The molecule has 6 heteroatoms. The molecule has 0 aromatic heterocycles. The molecule has 0 N–H and O–H groups in total. The van der Waals surface area contributed by atoms with Crippen LogP contribution in [0.2, 0.25) is 0 Å². The molecule has 2 atom stereocenters. The molecule has 0 bridgehead atoms. The van der Waals surface area contributed by atoms with E-state index in [9.17, 15) is 9.59 Å². The highest BCUT2D eigenvalue weighted by Crippen LogP contribution is 2.35. The quantitative estimate of drug-likeness (QED) is 0.376. The van der Waals surface area contributed by atoms with Crippen molar-refractivity contribution in [2.45, 2.75) is 56.5 Å². The van der Waals surface area contributed by atoms with Gasteiger partial charge in [0.2, 0.25) is 0 Å². The third-order valence-corrected chi connectivity index (χ3v) is 9.57. The zero-order chi connectivity index (χ0) is 27.5. The van der Waals surface area contributed by atoms with Crippen molar-refractivity contribution in [3.8, 4) is 0 Å². The molecule has 3 aromatic rings. The van der Waals surface area contributed by atoms with Crippen LogP contribution in [0.25, 0.3) is 10.8 Å². The van der Waals surface area contributed by atoms with Crippen LogP contribution < -0.4 is 0 Å². The average Bonchev–Trinajstić information content (AvgIpc) is 3.70. The Morgan fingerprint density at radius 3 is 2.30 bits per heavy atom. The number of carbonyl (C=O) groups is 2. The van der Waals surface area contributed by atoms with Crippen LogP contribution in [0, 0.1) is 5.92 Å². The lowest BCUT2D eigenvalue weighted by molar-refractivity contribution is 0.0568. The molecule has 210 valence electrons. The maximum absolute atomic E-state index is 13.9. The Balaban J connectivity index is 1.19. The predicted octanol–water partition coefficient (Wildman–Crippen LogP) is 6.17. The van der Waals surface area contributed by atoms with Crippen molar-refractivity contribution in [3.63, 3.8) is 0 Å². The summed E-state index contributed by atoms with van der Waals surface area (Å²) < 4.78 is 5.22. The van der Waals surface area contributed by atoms with E-state index < -0.39 is 0 Å². The van der Waals surface area contributed by atoms with Gasteiger partial charge in [-0.15, -0.1) is 0 Å². The average molecular weight is 540 g/mol. The fourth-order valence-corrected chi connectivity index (χ4v) is 7.42. The van der Waals surface area contributed by atoms with Crippen LogP contribution in [0.4, 0.5) is 4.79 Å². The van der Waals surface area contributed by atoms with E-state index in [1.165, 1.54) is 38.4 Å². The molecule has 3 fully saturated rings. The highest BCUT2D eigenvalue weighted by Gasteiger charge is 2.42. The molecule has 2 heterocycles. The molecule has 3 aromatic carbocycles. The molecular weight excluding hydrogens is 498 g/mol. The van der Waals surface area contributed by atoms with Crippen LogP contribution in [0.5, 0.6) is 0 Å². The minimum Gasteiger partial charge on any atom is -0.453 e. The van der Waals surface area contributed by atoms with E-state index in [1.807, 2.05) is 35.2 Å². The van der Waals surface area contributed by atoms with Crippen molar-refractivity contribution in [2.24, 2.45) is 5.92 Å². The largest absolute Gasteiger partial charge is 0.453 e. The van der Waals surface area contributed by atoms with Crippen molar-refractivity contribution < 1.29 is 14.3 Å². The summed E-state index contributed by atoms with van der Waals surface area (Å²) in [4.78, 5) is 33.4. The minimum atomic E-state index is -0.180. The van der Waals surface area contributed by atoms with Gasteiger partial charge in [-0.2, -0.15) is 0 Å². The van der Waals surface area contributed by atoms with E-state index >= 15 is 0 Å². The first-order valence-corrected chi connectivity index (χ1v) is 15.0. The Morgan fingerprint density at radius 2 is 1.55 bits per heavy atom. The summed E-state index contributed by atoms with van der Waals surface area (Å²) in [7, 11) is 1.50. The Bertz CT molecular complexity index is 1310. The summed E-state index contributed by atoms with van der Waals surface area (Å²) in [5, 5.41) is 2.11. The van der Waals surface area contributed by atoms with Crippen LogP contribution in [0.15, 0.2) is 72.8 Å². The summed E-state index contributed by atoms with van der Waals surface area (Å²) in [6.45, 7) is 4.10. The molecule has 1 saturated carbocycles. The Morgan fingerprint density at radius 1 is 0.850 bits per heavy atom. The first-order valence-electron chi connectivity index (χ1n) is 15.0. The lowest BCUT2D eigenvalue weighted by Gasteiger charge is -2.42. The molecule has 3 aliphatic rings. The number of ether oxygens (including phenoxy) is 1. The normalized spacial score (nSPS) is 22.6. The topological polar surface area (TPSA) is 53.1 Å². The molecule has 2 aliphatic heterocycles. The predicted molar refractivity (Wildman–Crippen MR) is 158 cm³/mol. The molecule has 40 heavy (non-hydrogen) atoms. The second-order valence-corrected chi connectivity index (χ2v) is 11.9. The zero-order valence-electron chi connectivity index (χ0n) is 23.6. The zero-order valence-corrected chi connectivity index (χ0v) is 23.6. The number of likely N-dealkylation sites (tertiary alicyclic amines) is 2. The fraction of sp³-hybridized carbons (Fsp3) is 0.471. The summed E-state index contributed by atoms with van der Waals surface area (Å²) >= 11 is 0. The van der Waals surface area contributed by atoms with Gasteiger partial charge >= 0.3 is 6.09 Å². The van der Waals surface area contributed by atoms with Crippen molar-refractivity contribution in [1.82, 2.24) is 14.7 Å². The summed E-state index contributed by atoms with van der Waals surface area (Å²) in [5.41, 5.74) is 2.07. The minimum absolute atomic E-state index is 0.114. The highest BCUT2D eigenvalue weighted by atomic mass is 16.5. The summed E-state index contributed by atoms with van der Waals surface area (Å²) in [6, 6.07) is 25.3. The van der Waals surface area contributed by atoms with Gasteiger partial charge in [-0.05, 0) is 54.0 Å². The van der Waals surface area contributed by atoms with Crippen LogP contribution >= 0.6 is 0 Å². The molecule has 1 aliphatic carbocycles. The number of piperidine rings is 1. The lowest BCUT2D eigenvalue weighted by atomic mass is 9.91. The first-order chi connectivity index (χ1) is 19.6. The molecular formula is C34H41N3O3. The second kappa shape index (κ2) is 12.0. The Labute approximate surface area is 237 Å². The van der Waals surface area contributed by atoms with Gasteiger partial charge in [0.1, 0.15) is 0 Å². The van der Waals surface area contributed by atoms with Gasteiger partial charge < -0.3 is 14.5 Å². The van der Waals surface area contributed by atoms with E-state index in [2.05, 4.69) is 52.3 Å². The molecule has 0 spiro atoms. The number of rotatable bonds is 6. The van der Waals surface area contributed by atoms with E-state index in [0.29, 0.717) is 12.5 Å². The van der Waals surface area contributed by atoms with Gasteiger partial charge in [0, 0.05) is 56.3 Å². The molecule has 0 unspecified atom stereocenters. The van der Waals surface area contributed by atoms with Crippen molar-refractivity contribution in [3.05, 3.63) is 83.9 Å². The maximum atomic E-state index is 13.9. The lowest BCUT2D eigenvalue weighted by Crippen LogP contribution is -2.52. The van der Waals surface area contributed by atoms with E-state index in [4.69, 9.17) is 4.74 Å². The molecule has 2 amide bonds. The van der Waals surface area contributed by atoms with Crippen molar-refractivity contribution in [2.75, 3.05) is 39.8 Å². The Kier molecular flexibility index (Phi) is 8.05. The summed E-state index contributed by atoms with van der Waals surface area (Å²) in [6.07, 6.45) is 6.68. The van der Waals surface area contributed by atoms with E-state index in [-0.39, 0.29) is 30.0 Å². The third-order valence-electron chi connectivity index (χ3n) is 9.57. The highest BCUT2D eigenvalue weighted by molar-refractivity contribution is 6.07. The molecule has 6 nitrogen and oxygen atoms in total. The summed E-state index contributed by atoms with van der Waals surface area (Å²) in [5.74, 6) is 0.971. The number of amides is 2. The van der Waals surface area contributed by atoms with E-state index in [1.54, 1.807) is 0 Å². The van der Waals surface area contributed by atoms with Gasteiger partial charge in [0.15, 0.2) is 0 Å². The fourth-order valence-electron chi connectivity index (χ4n) is 7.42. The van der Waals surface area contributed by atoms with E-state index in [0.717, 1.165) is 55.4 Å². The molecule has 0 radical (unpaired) electrons. The van der Waals surface area contributed by atoms with Gasteiger partial charge in [0.25, 0.3) is 5.91 Å². The SMILES string of the molecule is COC(=O)N(CC1CCCC1)C1CCN([C@H]2CN(C(=O)c3cccc4ccccc34)C[C@@H]2c2ccccc2)CC1. The van der Waals surface area contributed by atoms with Crippen molar-refractivity contribution >= 4 is 22.8 Å². The van der Waals surface area contributed by atoms with Crippen LogP contribution in [-0.4, -0.2) is 78.6 Å². The maximum Gasteiger partial charge on any atom is 0.409 e. The van der Waals surface area contributed by atoms with Crippen LogP contribution in [-0.2, 0) is 4.74 Å². The van der Waals surface area contributed by atoms with Gasteiger partial charge in [-0.3, -0.25) is 9.69 Å². The number of methoxy groups -OCH3 is 1. The molecule has 2 saturated heterocycles. The number of hydrogen-bond donors (Lipinski definition) is 0. The van der Waals surface area contributed by atoms with Crippen LogP contribution in [0.3, 0.4) is 0 Å². The number of benzene rings is 3. The number of nitrogens with zero attached hydrogens (tertiary/aromatic N) is 3. The monoisotopic (exact) mass is 539 g/mol. The van der Waals surface area contributed by atoms with Crippen LogP contribution in [0.1, 0.15) is 60.4 Å². The van der Waals surface area contributed by atoms with Gasteiger partial charge in [-0.25, -0.2) is 4.79 Å². The standard InChI is InChI=1S/C34H41N3O3/c1-40-34(39)37(22-25-10-5-6-11-25)28-18-20-35(21-19-28)32-24-36(23-31(32)27-12-3-2-4-13-27)33(38)30-17-9-15-26-14-7-8-16-29(26)30/h2-4,7-9,12-17,25,28,31-32H,5-6,10-11,18-24H2,1H3/t31-,32+/m1/s1. The van der Waals surface area contributed by atoms with Crippen molar-refractivity contribution in [1.29, 1.82) is 0 Å². The smallest absolute Gasteiger partial charge is 0.409 e. The van der Waals surface area contributed by atoms with Gasteiger partial charge in [-0.1, -0.05) is 79.6 Å².